The van der Waals surface area contributed by atoms with Gasteiger partial charge < -0.3 is 10.4 Å². The third-order valence-electron chi connectivity index (χ3n) is 3.96. The maximum absolute atomic E-state index is 12.1. The molecule has 104 valence electrons. The fraction of sp³-hybridized carbons (Fsp3) is 0.562. The summed E-state index contributed by atoms with van der Waals surface area (Å²) in [6.45, 7) is 1.86. The van der Waals surface area contributed by atoms with Crippen LogP contribution in [-0.4, -0.2) is 17.1 Å². The zero-order valence-corrected chi connectivity index (χ0v) is 11.5. The average Bonchev–Trinajstić information content (AvgIpc) is 2.48. The molecule has 0 unspecified atom stereocenters. The van der Waals surface area contributed by atoms with Crippen LogP contribution in [0.2, 0.25) is 0 Å². The van der Waals surface area contributed by atoms with Crippen LogP contribution in [0, 0.1) is 5.92 Å². The molecular formula is C16H23NO2. The summed E-state index contributed by atoms with van der Waals surface area (Å²) in [7, 11) is 0. The average molecular weight is 261 g/mol. The van der Waals surface area contributed by atoms with Crippen molar-refractivity contribution in [1.82, 2.24) is 5.32 Å². The van der Waals surface area contributed by atoms with Crippen LogP contribution in [-0.2, 0) is 4.79 Å². The maximum atomic E-state index is 12.1. The molecule has 1 saturated carbocycles. The minimum Gasteiger partial charge on any atom is -0.386 e. The minimum absolute atomic E-state index is 0.0992. The molecule has 0 spiro atoms. The Hall–Kier alpha value is -1.35. The standard InChI is InChI=1S/C16H23NO2/c1-12(15(18)13-8-4-2-5-9-13)17-16(19)14-10-6-3-7-11-14/h2,4-5,8-9,12,14-15,18H,3,6-7,10-11H2,1H3,(H,17,19)/t12-,15+/m0/s1. The Kier molecular flexibility index (Phi) is 4.97. The predicted molar refractivity (Wildman–Crippen MR) is 75.6 cm³/mol. The van der Waals surface area contributed by atoms with Gasteiger partial charge in [0.2, 0.25) is 5.91 Å². The molecule has 0 aliphatic heterocycles. The van der Waals surface area contributed by atoms with Crippen LogP contribution in [0.25, 0.3) is 0 Å². The van der Waals surface area contributed by atoms with Gasteiger partial charge in [-0.3, -0.25) is 4.79 Å². The largest absolute Gasteiger partial charge is 0.386 e. The van der Waals surface area contributed by atoms with E-state index >= 15 is 0 Å². The molecule has 1 aromatic carbocycles. The molecule has 2 atom stereocenters. The third kappa shape index (κ3) is 3.80. The third-order valence-corrected chi connectivity index (χ3v) is 3.96. The van der Waals surface area contributed by atoms with E-state index in [9.17, 15) is 9.90 Å². The monoisotopic (exact) mass is 261 g/mol. The zero-order valence-electron chi connectivity index (χ0n) is 11.5. The van der Waals surface area contributed by atoms with Crippen molar-refractivity contribution in [3.63, 3.8) is 0 Å². The fourth-order valence-corrected chi connectivity index (χ4v) is 2.72. The zero-order chi connectivity index (χ0) is 13.7. The van der Waals surface area contributed by atoms with Crippen molar-refractivity contribution in [1.29, 1.82) is 0 Å². The van der Waals surface area contributed by atoms with Gasteiger partial charge in [0.15, 0.2) is 0 Å². The van der Waals surface area contributed by atoms with E-state index in [0.29, 0.717) is 0 Å². The molecule has 0 bridgehead atoms. The molecule has 2 N–H and O–H groups in total. The Bertz CT molecular complexity index is 398. The van der Waals surface area contributed by atoms with Crippen molar-refractivity contribution < 1.29 is 9.90 Å². The predicted octanol–water partition coefficient (Wildman–Crippen LogP) is 2.81. The van der Waals surface area contributed by atoms with Crippen LogP contribution in [0.3, 0.4) is 0 Å². The molecule has 0 radical (unpaired) electrons. The molecule has 1 aliphatic carbocycles. The fourth-order valence-electron chi connectivity index (χ4n) is 2.72. The lowest BCUT2D eigenvalue weighted by Crippen LogP contribution is -2.41. The van der Waals surface area contributed by atoms with Crippen LogP contribution in [0.15, 0.2) is 30.3 Å². The summed E-state index contributed by atoms with van der Waals surface area (Å²) in [5.41, 5.74) is 0.846. The summed E-state index contributed by atoms with van der Waals surface area (Å²) < 4.78 is 0. The van der Waals surface area contributed by atoms with E-state index in [2.05, 4.69) is 5.32 Å². The first-order chi connectivity index (χ1) is 9.18. The number of hydrogen-bond donors (Lipinski definition) is 2. The minimum atomic E-state index is -0.645. The highest BCUT2D eigenvalue weighted by Gasteiger charge is 2.24. The highest BCUT2D eigenvalue weighted by atomic mass is 16.3. The summed E-state index contributed by atoms with van der Waals surface area (Å²) in [5, 5.41) is 13.2. The Balaban J connectivity index is 1.89. The maximum Gasteiger partial charge on any atom is 0.223 e. The summed E-state index contributed by atoms with van der Waals surface area (Å²) in [6, 6.07) is 9.23. The van der Waals surface area contributed by atoms with E-state index in [0.717, 1.165) is 31.2 Å². The van der Waals surface area contributed by atoms with Crippen molar-refractivity contribution >= 4 is 5.91 Å². The van der Waals surface area contributed by atoms with Crippen molar-refractivity contribution in [3.05, 3.63) is 35.9 Å². The van der Waals surface area contributed by atoms with E-state index in [4.69, 9.17) is 0 Å². The Morgan fingerprint density at radius 3 is 2.47 bits per heavy atom. The molecule has 1 amide bonds. The molecule has 1 aromatic rings. The quantitative estimate of drug-likeness (QED) is 0.875. The molecule has 19 heavy (non-hydrogen) atoms. The molecule has 3 heteroatoms. The number of carbonyl (C=O) groups is 1. The van der Waals surface area contributed by atoms with Crippen LogP contribution < -0.4 is 5.32 Å². The number of benzene rings is 1. The smallest absolute Gasteiger partial charge is 0.223 e. The van der Waals surface area contributed by atoms with Gasteiger partial charge in [0.05, 0.1) is 12.1 Å². The number of hydrogen-bond acceptors (Lipinski definition) is 2. The van der Waals surface area contributed by atoms with E-state index < -0.39 is 6.10 Å². The van der Waals surface area contributed by atoms with Gasteiger partial charge in [0, 0.05) is 5.92 Å². The van der Waals surface area contributed by atoms with Gasteiger partial charge in [0.1, 0.15) is 0 Å². The number of rotatable bonds is 4. The number of aliphatic hydroxyl groups is 1. The Labute approximate surface area is 115 Å². The topological polar surface area (TPSA) is 49.3 Å². The number of nitrogens with one attached hydrogen (secondary N) is 1. The first-order valence-electron chi connectivity index (χ1n) is 7.22. The van der Waals surface area contributed by atoms with Gasteiger partial charge in [-0.15, -0.1) is 0 Å². The van der Waals surface area contributed by atoms with E-state index in [1.807, 2.05) is 37.3 Å². The molecule has 0 saturated heterocycles. The molecule has 1 aliphatic rings. The lowest BCUT2D eigenvalue weighted by molar-refractivity contribution is -0.127. The Morgan fingerprint density at radius 2 is 1.84 bits per heavy atom. The van der Waals surface area contributed by atoms with Gasteiger partial charge in [-0.2, -0.15) is 0 Å². The van der Waals surface area contributed by atoms with Crippen LogP contribution in [0.1, 0.15) is 50.7 Å². The van der Waals surface area contributed by atoms with Crippen molar-refractivity contribution in [2.75, 3.05) is 0 Å². The lowest BCUT2D eigenvalue weighted by atomic mass is 9.88. The second-order valence-electron chi connectivity index (χ2n) is 5.49. The summed E-state index contributed by atoms with van der Waals surface area (Å²) in [5.74, 6) is 0.237. The normalized spacial score (nSPS) is 19.7. The summed E-state index contributed by atoms with van der Waals surface area (Å²) in [6.07, 6.45) is 4.86. The molecular weight excluding hydrogens is 238 g/mol. The number of aliphatic hydroxyl groups excluding tert-OH is 1. The highest BCUT2D eigenvalue weighted by Crippen LogP contribution is 2.24. The number of carbonyl (C=O) groups excluding carboxylic acids is 1. The van der Waals surface area contributed by atoms with E-state index in [1.165, 1.54) is 6.42 Å². The van der Waals surface area contributed by atoms with Gasteiger partial charge in [0.25, 0.3) is 0 Å². The SMILES string of the molecule is C[C@H](NC(=O)C1CCCCC1)[C@@H](O)c1ccccc1. The lowest BCUT2D eigenvalue weighted by Gasteiger charge is -2.25. The van der Waals surface area contributed by atoms with Gasteiger partial charge >= 0.3 is 0 Å². The van der Waals surface area contributed by atoms with E-state index in [1.54, 1.807) is 0 Å². The van der Waals surface area contributed by atoms with E-state index in [-0.39, 0.29) is 17.9 Å². The first kappa shape index (κ1) is 14.1. The number of amides is 1. The van der Waals surface area contributed by atoms with Gasteiger partial charge in [-0.25, -0.2) is 0 Å². The molecule has 1 fully saturated rings. The second-order valence-corrected chi connectivity index (χ2v) is 5.49. The molecule has 3 nitrogen and oxygen atoms in total. The van der Waals surface area contributed by atoms with Crippen molar-refractivity contribution in [2.45, 2.75) is 51.2 Å². The van der Waals surface area contributed by atoms with Crippen LogP contribution >= 0.6 is 0 Å². The van der Waals surface area contributed by atoms with Gasteiger partial charge in [-0.05, 0) is 25.3 Å². The highest BCUT2D eigenvalue weighted by molar-refractivity contribution is 5.79. The summed E-state index contributed by atoms with van der Waals surface area (Å²) >= 11 is 0. The molecule has 0 heterocycles. The van der Waals surface area contributed by atoms with Crippen LogP contribution in [0.4, 0.5) is 0 Å². The van der Waals surface area contributed by atoms with Crippen molar-refractivity contribution in [3.8, 4) is 0 Å². The van der Waals surface area contributed by atoms with Crippen molar-refractivity contribution in [2.24, 2.45) is 5.92 Å². The summed E-state index contributed by atoms with van der Waals surface area (Å²) in [4.78, 5) is 12.1. The van der Waals surface area contributed by atoms with Gasteiger partial charge in [-0.1, -0.05) is 49.6 Å². The first-order valence-corrected chi connectivity index (χ1v) is 7.22. The van der Waals surface area contributed by atoms with Crippen LogP contribution in [0.5, 0.6) is 0 Å². The Morgan fingerprint density at radius 1 is 1.21 bits per heavy atom. The molecule has 2 rings (SSSR count). The second kappa shape index (κ2) is 6.71. The molecule has 0 aromatic heterocycles.